The van der Waals surface area contributed by atoms with Gasteiger partial charge in [0, 0.05) is 5.56 Å². The normalized spacial score (nSPS) is 10.9. The number of thiazole rings is 1. The van der Waals surface area contributed by atoms with Crippen LogP contribution in [0.1, 0.15) is 32.6 Å². The Kier molecular flexibility index (Phi) is 5.22. The summed E-state index contributed by atoms with van der Waals surface area (Å²) in [6.45, 7) is 4.17. The number of aromatic nitrogens is 1. The number of hydrogen-bond acceptors (Lipinski definition) is 3. The van der Waals surface area contributed by atoms with E-state index >= 15 is 0 Å². The van der Waals surface area contributed by atoms with E-state index in [1.165, 1.54) is 33.6 Å². The Bertz CT molecular complexity index is 1130. The largest absolute Gasteiger partial charge is 0.298 e. The molecule has 4 aromatic rings. The Morgan fingerprint density at radius 3 is 2.43 bits per heavy atom. The molecule has 4 rings (SSSR count). The van der Waals surface area contributed by atoms with Crippen LogP contribution >= 0.6 is 11.3 Å². The minimum absolute atomic E-state index is 0.124. The summed E-state index contributed by atoms with van der Waals surface area (Å²) in [5, 5.41) is 3.55. The van der Waals surface area contributed by atoms with Gasteiger partial charge < -0.3 is 0 Å². The van der Waals surface area contributed by atoms with Crippen molar-refractivity contribution in [3.63, 3.8) is 0 Å². The van der Waals surface area contributed by atoms with Crippen molar-refractivity contribution in [2.75, 3.05) is 5.32 Å². The lowest BCUT2D eigenvalue weighted by molar-refractivity contribution is 0.102. The molecule has 4 heteroatoms. The monoisotopic (exact) mass is 386 g/mol. The SMILES string of the molecule is Cc1cccc(CCc2ccc(C(=O)Nc3nc4ccc(C)cc4s3)cc2)c1. The van der Waals surface area contributed by atoms with Crippen molar-refractivity contribution in [2.24, 2.45) is 0 Å². The van der Waals surface area contributed by atoms with Gasteiger partial charge in [-0.1, -0.05) is 59.4 Å². The highest BCUT2D eigenvalue weighted by molar-refractivity contribution is 7.22. The summed E-state index contributed by atoms with van der Waals surface area (Å²) in [6, 6.07) is 22.5. The van der Waals surface area contributed by atoms with Crippen molar-refractivity contribution in [1.29, 1.82) is 0 Å². The van der Waals surface area contributed by atoms with Crippen LogP contribution in [0.5, 0.6) is 0 Å². The zero-order valence-electron chi connectivity index (χ0n) is 16.0. The number of carbonyl (C=O) groups is 1. The van der Waals surface area contributed by atoms with E-state index in [1.807, 2.05) is 36.4 Å². The second-order valence-corrected chi connectivity index (χ2v) is 8.16. The molecule has 0 bridgehead atoms. The average Bonchev–Trinajstić information content (AvgIpc) is 3.08. The summed E-state index contributed by atoms with van der Waals surface area (Å²) >= 11 is 1.50. The molecule has 0 aliphatic heterocycles. The molecule has 0 aliphatic rings. The van der Waals surface area contributed by atoms with E-state index in [1.54, 1.807) is 0 Å². The number of fused-ring (bicyclic) bond motifs is 1. The molecule has 1 amide bonds. The first-order valence-corrected chi connectivity index (χ1v) is 10.2. The number of nitrogens with one attached hydrogen (secondary N) is 1. The number of benzene rings is 3. The van der Waals surface area contributed by atoms with Gasteiger partial charge in [0.25, 0.3) is 5.91 Å². The molecule has 0 radical (unpaired) electrons. The third-order valence-corrected chi connectivity index (χ3v) is 5.70. The maximum absolute atomic E-state index is 12.5. The van der Waals surface area contributed by atoms with E-state index in [9.17, 15) is 4.79 Å². The predicted octanol–water partition coefficient (Wildman–Crippen LogP) is 5.95. The van der Waals surface area contributed by atoms with Crippen LogP contribution in [0.3, 0.4) is 0 Å². The first-order valence-electron chi connectivity index (χ1n) is 9.40. The number of amides is 1. The van der Waals surface area contributed by atoms with E-state index in [-0.39, 0.29) is 5.91 Å². The van der Waals surface area contributed by atoms with Gasteiger partial charge in [0.1, 0.15) is 0 Å². The lowest BCUT2D eigenvalue weighted by atomic mass is 10.0. The topological polar surface area (TPSA) is 42.0 Å². The van der Waals surface area contributed by atoms with Crippen molar-refractivity contribution in [2.45, 2.75) is 26.7 Å². The van der Waals surface area contributed by atoms with Gasteiger partial charge in [0.15, 0.2) is 5.13 Å². The molecule has 0 spiro atoms. The van der Waals surface area contributed by atoms with Crippen LogP contribution in [0.25, 0.3) is 10.2 Å². The van der Waals surface area contributed by atoms with Crippen molar-refractivity contribution < 1.29 is 4.79 Å². The fourth-order valence-corrected chi connectivity index (χ4v) is 4.19. The standard InChI is InChI=1S/C24H22N2OS/c1-16-4-3-5-19(14-16)8-7-18-9-11-20(12-10-18)23(27)26-24-25-21-13-6-17(2)15-22(21)28-24/h3-6,9-15H,7-8H2,1-2H3,(H,25,26,27). The highest BCUT2D eigenvalue weighted by atomic mass is 32.1. The maximum Gasteiger partial charge on any atom is 0.257 e. The minimum Gasteiger partial charge on any atom is -0.298 e. The Morgan fingerprint density at radius 2 is 1.64 bits per heavy atom. The summed E-state index contributed by atoms with van der Waals surface area (Å²) in [4.78, 5) is 17.0. The molecule has 0 saturated carbocycles. The fourth-order valence-electron chi connectivity index (χ4n) is 3.23. The molecule has 28 heavy (non-hydrogen) atoms. The number of anilines is 1. The first kappa shape index (κ1) is 18.4. The molecule has 1 heterocycles. The van der Waals surface area contributed by atoms with Crippen molar-refractivity contribution in [1.82, 2.24) is 4.98 Å². The van der Waals surface area contributed by atoms with E-state index in [0.717, 1.165) is 23.1 Å². The molecular formula is C24H22N2OS. The molecule has 0 unspecified atom stereocenters. The van der Waals surface area contributed by atoms with Crippen molar-refractivity contribution in [3.05, 3.63) is 94.5 Å². The van der Waals surface area contributed by atoms with Crippen LogP contribution in [0.4, 0.5) is 5.13 Å². The Hall–Kier alpha value is -2.98. The number of rotatable bonds is 5. The van der Waals surface area contributed by atoms with Gasteiger partial charge in [-0.25, -0.2) is 4.98 Å². The Morgan fingerprint density at radius 1 is 0.893 bits per heavy atom. The van der Waals surface area contributed by atoms with Gasteiger partial charge in [0.2, 0.25) is 0 Å². The lowest BCUT2D eigenvalue weighted by Gasteiger charge is -2.05. The van der Waals surface area contributed by atoms with Crippen molar-refractivity contribution >= 4 is 32.6 Å². The van der Waals surface area contributed by atoms with Crippen LogP contribution in [0.2, 0.25) is 0 Å². The maximum atomic E-state index is 12.5. The smallest absolute Gasteiger partial charge is 0.257 e. The molecule has 3 aromatic carbocycles. The highest BCUT2D eigenvalue weighted by Gasteiger charge is 2.10. The van der Waals surface area contributed by atoms with Crippen LogP contribution in [0.15, 0.2) is 66.7 Å². The fraction of sp³-hybridized carbons (Fsp3) is 0.167. The van der Waals surface area contributed by atoms with E-state index in [0.29, 0.717) is 10.7 Å². The number of hydrogen-bond donors (Lipinski definition) is 1. The third kappa shape index (κ3) is 4.29. The zero-order chi connectivity index (χ0) is 19.5. The molecule has 140 valence electrons. The van der Waals surface area contributed by atoms with Gasteiger partial charge >= 0.3 is 0 Å². The molecule has 1 aromatic heterocycles. The highest BCUT2D eigenvalue weighted by Crippen LogP contribution is 2.27. The number of aryl methyl sites for hydroxylation is 4. The van der Waals surface area contributed by atoms with E-state index in [2.05, 4.69) is 54.5 Å². The molecule has 0 saturated heterocycles. The van der Waals surface area contributed by atoms with Gasteiger partial charge in [0.05, 0.1) is 10.2 Å². The van der Waals surface area contributed by atoms with Gasteiger partial charge in [-0.05, 0) is 67.6 Å². The quantitative estimate of drug-likeness (QED) is 0.460. The summed E-state index contributed by atoms with van der Waals surface area (Å²) in [5.74, 6) is -0.124. The summed E-state index contributed by atoms with van der Waals surface area (Å²) in [5.41, 5.74) is 6.61. The van der Waals surface area contributed by atoms with Crippen LogP contribution < -0.4 is 5.32 Å². The minimum atomic E-state index is -0.124. The van der Waals surface area contributed by atoms with Gasteiger partial charge in [-0.3, -0.25) is 10.1 Å². The summed E-state index contributed by atoms with van der Waals surface area (Å²) in [6.07, 6.45) is 1.96. The van der Waals surface area contributed by atoms with E-state index in [4.69, 9.17) is 0 Å². The second-order valence-electron chi connectivity index (χ2n) is 7.13. The summed E-state index contributed by atoms with van der Waals surface area (Å²) < 4.78 is 1.08. The Balaban J connectivity index is 1.40. The van der Waals surface area contributed by atoms with Gasteiger partial charge in [-0.15, -0.1) is 0 Å². The van der Waals surface area contributed by atoms with Gasteiger partial charge in [-0.2, -0.15) is 0 Å². The average molecular weight is 387 g/mol. The van der Waals surface area contributed by atoms with Crippen molar-refractivity contribution in [3.8, 4) is 0 Å². The number of carbonyl (C=O) groups excluding carboxylic acids is 1. The molecule has 1 N–H and O–H groups in total. The Labute approximate surface area is 169 Å². The zero-order valence-corrected chi connectivity index (χ0v) is 16.8. The third-order valence-electron chi connectivity index (χ3n) is 4.77. The molecule has 0 aliphatic carbocycles. The van der Waals surface area contributed by atoms with Crippen LogP contribution in [0, 0.1) is 13.8 Å². The van der Waals surface area contributed by atoms with Crippen LogP contribution in [-0.4, -0.2) is 10.9 Å². The molecular weight excluding hydrogens is 364 g/mol. The van der Waals surface area contributed by atoms with E-state index < -0.39 is 0 Å². The molecule has 0 atom stereocenters. The molecule has 0 fully saturated rings. The van der Waals surface area contributed by atoms with Crippen LogP contribution in [-0.2, 0) is 12.8 Å². The summed E-state index contributed by atoms with van der Waals surface area (Å²) in [7, 11) is 0. The lowest BCUT2D eigenvalue weighted by Crippen LogP contribution is -2.11. The molecule has 3 nitrogen and oxygen atoms in total. The first-order chi connectivity index (χ1) is 13.6. The second kappa shape index (κ2) is 7.95. The predicted molar refractivity (Wildman–Crippen MR) is 117 cm³/mol. The number of nitrogens with zero attached hydrogens (tertiary/aromatic N) is 1.